The number of amidine groups is 1. The largest absolute Gasteiger partial charge is 0.295 e. The van der Waals surface area contributed by atoms with Gasteiger partial charge in [0.1, 0.15) is 11.9 Å². The number of imide groups is 1. The summed E-state index contributed by atoms with van der Waals surface area (Å²) in [5, 5.41) is 2.31. The number of nitrogens with one attached hydrogen (secondary N) is 1. The number of carbonyl (C=O) groups excluding carboxylic acids is 3. The highest BCUT2D eigenvalue weighted by Crippen LogP contribution is 2.38. The smallest absolute Gasteiger partial charge is 0.249 e. The predicted molar refractivity (Wildman–Crippen MR) is 80.9 cm³/mol. The Kier molecular flexibility index (Phi) is 3.27. The van der Waals surface area contributed by atoms with Crippen LogP contribution in [0.5, 0.6) is 0 Å². The highest BCUT2D eigenvalue weighted by molar-refractivity contribution is 6.09. The van der Waals surface area contributed by atoms with Crippen LogP contribution in [0.3, 0.4) is 0 Å². The van der Waals surface area contributed by atoms with Crippen LogP contribution in [0, 0.1) is 5.92 Å². The zero-order valence-corrected chi connectivity index (χ0v) is 12.9. The summed E-state index contributed by atoms with van der Waals surface area (Å²) in [7, 11) is 0. The Labute approximate surface area is 129 Å². The fourth-order valence-electron chi connectivity index (χ4n) is 3.60. The average molecular weight is 301 g/mol. The second-order valence-corrected chi connectivity index (χ2v) is 6.26. The van der Waals surface area contributed by atoms with Crippen molar-refractivity contribution in [3.63, 3.8) is 0 Å². The first-order valence-electron chi connectivity index (χ1n) is 7.43. The van der Waals surface area contributed by atoms with E-state index in [0.29, 0.717) is 12.3 Å². The molecule has 6 heteroatoms. The van der Waals surface area contributed by atoms with E-state index < -0.39 is 23.4 Å². The topological polar surface area (TPSA) is 78.8 Å². The van der Waals surface area contributed by atoms with Gasteiger partial charge in [-0.25, -0.2) is 0 Å². The van der Waals surface area contributed by atoms with Gasteiger partial charge in [0.05, 0.1) is 11.5 Å². The average Bonchev–Trinajstić information content (AvgIpc) is 2.40. The van der Waals surface area contributed by atoms with Gasteiger partial charge >= 0.3 is 0 Å². The van der Waals surface area contributed by atoms with Gasteiger partial charge in [-0.2, -0.15) is 0 Å². The molecule has 2 aliphatic heterocycles. The highest BCUT2D eigenvalue weighted by Gasteiger charge is 2.49. The van der Waals surface area contributed by atoms with Gasteiger partial charge in [-0.1, -0.05) is 23.8 Å². The van der Waals surface area contributed by atoms with Crippen molar-refractivity contribution in [1.82, 2.24) is 10.2 Å². The number of aliphatic imine (C=N–C) groups is 1. The number of amides is 3. The Balaban J connectivity index is 2.00. The van der Waals surface area contributed by atoms with Crippen molar-refractivity contribution in [1.29, 1.82) is 0 Å². The molecule has 0 aromatic heterocycles. The lowest BCUT2D eigenvalue weighted by Gasteiger charge is -2.44. The summed E-state index contributed by atoms with van der Waals surface area (Å²) in [6.45, 7) is 5.57. The van der Waals surface area contributed by atoms with E-state index in [-0.39, 0.29) is 18.2 Å². The lowest BCUT2D eigenvalue weighted by atomic mass is 9.75. The highest BCUT2D eigenvalue weighted by atomic mass is 16.2. The molecule has 1 saturated heterocycles. The summed E-state index contributed by atoms with van der Waals surface area (Å²) < 4.78 is 0. The van der Waals surface area contributed by atoms with Crippen LogP contribution >= 0.6 is 0 Å². The molecule has 6 nitrogen and oxygen atoms in total. The lowest BCUT2D eigenvalue weighted by molar-refractivity contribution is -0.144. The van der Waals surface area contributed by atoms with Crippen LogP contribution in [0.2, 0.25) is 0 Å². The van der Waals surface area contributed by atoms with Gasteiger partial charge in [0.15, 0.2) is 0 Å². The molecule has 0 bridgehead atoms. The van der Waals surface area contributed by atoms with E-state index in [4.69, 9.17) is 0 Å². The van der Waals surface area contributed by atoms with E-state index in [9.17, 15) is 14.4 Å². The minimum Gasteiger partial charge on any atom is -0.295 e. The van der Waals surface area contributed by atoms with Crippen molar-refractivity contribution < 1.29 is 14.4 Å². The number of hydrogen-bond acceptors (Lipinski definition) is 4. The molecule has 3 aliphatic rings. The maximum atomic E-state index is 13.0. The summed E-state index contributed by atoms with van der Waals surface area (Å²) in [4.78, 5) is 42.6. The van der Waals surface area contributed by atoms with Gasteiger partial charge in [-0.05, 0) is 27.2 Å². The zero-order chi connectivity index (χ0) is 16.1. The third-order valence-electron chi connectivity index (χ3n) is 4.59. The maximum absolute atomic E-state index is 13.0. The molecule has 0 aromatic carbocycles. The van der Waals surface area contributed by atoms with Gasteiger partial charge in [-0.15, -0.1) is 0 Å². The fraction of sp³-hybridized carbons (Fsp3) is 0.500. The van der Waals surface area contributed by atoms with E-state index in [1.807, 2.05) is 32.1 Å². The number of carbonyl (C=O) groups is 3. The standard InChI is InChI=1S/C16H19N3O3/c1-9-5-4-8-16(3)13(9)15(22)19(10(2)18-16)11-6-7-12(20)17-14(11)21/h4-5,8,11,13H,6-7H2,1-3H3,(H,17,20,21)/t11-,13?,16?/m0/s1. The quantitative estimate of drug-likeness (QED) is 0.732. The molecular formula is C16H19N3O3. The SMILES string of the molecule is CC1=CC=CC2(C)N=C(C)N([C@H]3CCC(=O)NC3=O)C(=O)C12. The molecule has 1 N–H and O–H groups in total. The zero-order valence-electron chi connectivity index (χ0n) is 12.9. The molecule has 0 aromatic rings. The second-order valence-electron chi connectivity index (χ2n) is 6.26. The first-order valence-corrected chi connectivity index (χ1v) is 7.43. The molecule has 3 rings (SSSR count). The van der Waals surface area contributed by atoms with E-state index in [1.54, 1.807) is 6.92 Å². The number of nitrogens with zero attached hydrogens (tertiary/aromatic N) is 2. The van der Waals surface area contributed by atoms with Crippen LogP contribution < -0.4 is 5.32 Å². The number of hydrogen-bond donors (Lipinski definition) is 1. The minimum atomic E-state index is -0.655. The van der Waals surface area contributed by atoms with Gasteiger partial charge in [-0.3, -0.25) is 29.6 Å². The van der Waals surface area contributed by atoms with E-state index in [0.717, 1.165) is 5.57 Å². The second kappa shape index (κ2) is 4.90. The minimum absolute atomic E-state index is 0.123. The number of allylic oxidation sites excluding steroid dienone is 2. The molecule has 0 spiro atoms. The van der Waals surface area contributed by atoms with Crippen molar-refractivity contribution in [2.75, 3.05) is 0 Å². The molecular weight excluding hydrogens is 282 g/mol. The molecule has 1 aliphatic carbocycles. The van der Waals surface area contributed by atoms with Crippen LogP contribution in [0.1, 0.15) is 33.6 Å². The molecule has 2 unspecified atom stereocenters. The van der Waals surface area contributed by atoms with Crippen LogP contribution in [-0.4, -0.2) is 40.0 Å². The Hall–Kier alpha value is -2.24. The predicted octanol–water partition coefficient (Wildman–Crippen LogP) is 0.943. The Morgan fingerprint density at radius 3 is 2.73 bits per heavy atom. The van der Waals surface area contributed by atoms with E-state index >= 15 is 0 Å². The van der Waals surface area contributed by atoms with Gasteiger partial charge in [0.2, 0.25) is 17.7 Å². The molecule has 3 atom stereocenters. The van der Waals surface area contributed by atoms with Crippen molar-refractivity contribution in [2.24, 2.45) is 10.9 Å². The van der Waals surface area contributed by atoms with E-state index in [2.05, 4.69) is 10.3 Å². The summed E-state index contributed by atoms with van der Waals surface area (Å²) in [6.07, 6.45) is 6.32. The summed E-state index contributed by atoms with van der Waals surface area (Å²) in [5.41, 5.74) is 0.334. The first kappa shape index (κ1) is 14.7. The number of fused-ring (bicyclic) bond motifs is 1. The molecule has 116 valence electrons. The number of rotatable bonds is 1. The maximum Gasteiger partial charge on any atom is 0.249 e. The summed E-state index contributed by atoms with van der Waals surface area (Å²) in [6, 6.07) is -0.655. The molecule has 0 saturated carbocycles. The van der Waals surface area contributed by atoms with Gasteiger partial charge in [0.25, 0.3) is 0 Å². The third kappa shape index (κ3) is 2.10. The molecule has 3 amide bonds. The van der Waals surface area contributed by atoms with Crippen molar-refractivity contribution >= 4 is 23.6 Å². The third-order valence-corrected chi connectivity index (χ3v) is 4.59. The molecule has 22 heavy (non-hydrogen) atoms. The van der Waals surface area contributed by atoms with Crippen LogP contribution in [-0.2, 0) is 14.4 Å². The first-order chi connectivity index (χ1) is 10.3. The fourth-order valence-corrected chi connectivity index (χ4v) is 3.60. The Morgan fingerprint density at radius 1 is 1.32 bits per heavy atom. The summed E-state index contributed by atoms with van der Waals surface area (Å²) in [5.74, 6) is -0.704. The van der Waals surface area contributed by atoms with Gasteiger partial charge in [0, 0.05) is 6.42 Å². The van der Waals surface area contributed by atoms with Crippen LogP contribution in [0.4, 0.5) is 0 Å². The summed E-state index contributed by atoms with van der Waals surface area (Å²) >= 11 is 0. The normalized spacial score (nSPS) is 34.9. The van der Waals surface area contributed by atoms with Crippen molar-refractivity contribution in [3.05, 3.63) is 23.8 Å². The van der Waals surface area contributed by atoms with Gasteiger partial charge < -0.3 is 0 Å². The van der Waals surface area contributed by atoms with Crippen molar-refractivity contribution in [2.45, 2.75) is 45.2 Å². The van der Waals surface area contributed by atoms with E-state index in [1.165, 1.54) is 4.90 Å². The monoisotopic (exact) mass is 301 g/mol. The Morgan fingerprint density at radius 2 is 2.05 bits per heavy atom. The number of piperidine rings is 1. The molecule has 0 radical (unpaired) electrons. The molecule has 1 fully saturated rings. The Bertz CT molecular complexity index is 662. The lowest BCUT2D eigenvalue weighted by Crippen LogP contribution is -2.61. The van der Waals surface area contributed by atoms with Crippen LogP contribution in [0.25, 0.3) is 0 Å². The van der Waals surface area contributed by atoms with Crippen LogP contribution in [0.15, 0.2) is 28.8 Å². The van der Waals surface area contributed by atoms with Crippen molar-refractivity contribution in [3.8, 4) is 0 Å². The molecule has 2 heterocycles.